The number of carbonyl (C=O) groups is 1. The Morgan fingerprint density at radius 1 is 1.23 bits per heavy atom. The number of hydrogen-bond donors (Lipinski definition) is 2. The largest absolute Gasteiger partial charge is 0.493 e. The number of methoxy groups -OCH3 is 2. The van der Waals surface area contributed by atoms with Crippen LogP contribution in [0.4, 0.5) is 0 Å². The molecule has 0 aliphatic carbocycles. The Morgan fingerprint density at radius 2 is 1.93 bits per heavy atom. The molecule has 2 aromatic carbocycles. The molecule has 0 saturated carbocycles. The molecular weight excluding hydrogens is 406 g/mol. The van der Waals surface area contributed by atoms with Gasteiger partial charge in [0, 0.05) is 19.6 Å². The maximum atomic E-state index is 11.4. The number of nitrogens with one attached hydrogen (secondary N) is 1. The summed E-state index contributed by atoms with van der Waals surface area (Å²) in [6, 6.07) is 14.7. The van der Waals surface area contributed by atoms with Gasteiger partial charge in [-0.05, 0) is 41.7 Å². The molecule has 8 heteroatoms. The Kier molecular flexibility index (Phi) is 8.95. The summed E-state index contributed by atoms with van der Waals surface area (Å²) in [4.78, 5) is 13.8. The highest BCUT2D eigenvalue weighted by atomic mass is 35.5. The van der Waals surface area contributed by atoms with Gasteiger partial charge >= 0.3 is 0 Å². The second-order valence-corrected chi connectivity index (χ2v) is 6.89. The van der Waals surface area contributed by atoms with E-state index in [0.29, 0.717) is 6.54 Å². The number of fused-ring (bicyclic) bond motifs is 1. The predicted octanol–water partition coefficient (Wildman–Crippen LogP) is 3.04. The van der Waals surface area contributed by atoms with Crippen LogP contribution in [0.3, 0.4) is 0 Å². The molecule has 2 aromatic rings. The quantitative estimate of drug-likeness (QED) is 0.289. The van der Waals surface area contributed by atoms with E-state index in [0.717, 1.165) is 43.6 Å². The number of amides is 1. The van der Waals surface area contributed by atoms with Crippen LogP contribution in [0.2, 0.25) is 0 Å². The summed E-state index contributed by atoms with van der Waals surface area (Å²) in [5.41, 5.74) is 3.70. The average Bonchev–Trinajstić information content (AvgIpc) is 2.76. The molecule has 2 N–H and O–H groups in total. The van der Waals surface area contributed by atoms with E-state index in [1.54, 1.807) is 14.2 Å². The second kappa shape index (κ2) is 11.4. The first-order chi connectivity index (χ1) is 14.2. The number of rotatable bonds is 8. The normalized spacial score (nSPS) is 15.9. The van der Waals surface area contributed by atoms with Gasteiger partial charge < -0.3 is 20.0 Å². The zero-order valence-electron chi connectivity index (χ0n) is 17.2. The third kappa shape index (κ3) is 5.43. The zero-order valence-corrected chi connectivity index (χ0v) is 18.0. The third-order valence-corrected chi connectivity index (χ3v) is 5.19. The molecule has 1 aliphatic heterocycles. The lowest BCUT2D eigenvalue weighted by atomic mass is 9.87. The van der Waals surface area contributed by atoms with Gasteiger partial charge in [0.25, 0.3) is 5.91 Å². The maximum Gasteiger partial charge on any atom is 0.265 e. The highest BCUT2D eigenvalue weighted by Crippen LogP contribution is 2.40. The number of oxime groups is 1. The lowest BCUT2D eigenvalue weighted by molar-refractivity contribution is -0.114. The van der Waals surface area contributed by atoms with Gasteiger partial charge in [-0.25, -0.2) is 0 Å². The minimum atomic E-state index is -0.395. The van der Waals surface area contributed by atoms with Crippen molar-refractivity contribution in [3.8, 4) is 11.5 Å². The number of carbonyl (C=O) groups excluding carboxylic acids is 1. The maximum absolute atomic E-state index is 11.4. The van der Waals surface area contributed by atoms with E-state index in [9.17, 15) is 4.79 Å². The molecule has 7 nitrogen and oxygen atoms in total. The topological polar surface area (TPSA) is 83.4 Å². The third-order valence-electron chi connectivity index (χ3n) is 5.19. The van der Waals surface area contributed by atoms with Crippen LogP contribution >= 0.6 is 12.4 Å². The molecule has 0 aromatic heterocycles. The Hall–Kier alpha value is -2.77. The highest BCUT2D eigenvalue weighted by molar-refractivity contribution is 6.25. The van der Waals surface area contributed by atoms with Crippen molar-refractivity contribution < 1.29 is 19.5 Å². The monoisotopic (exact) mass is 433 g/mol. The standard InChI is InChI=1S/C22H27N3O4.ClH/c1-28-19-13-17-9-12-25(11-6-10-23-21(26)15-24-27)22(16-7-4-3-5-8-16)18(17)14-20(19)29-2;/h3-5,7-8,13-15,22,27H,6,9-12H2,1-2H3,(H,23,26);1H/b24-15+;. The van der Waals surface area contributed by atoms with Crippen molar-refractivity contribution in [1.82, 2.24) is 10.2 Å². The fourth-order valence-corrected chi connectivity index (χ4v) is 3.86. The van der Waals surface area contributed by atoms with Gasteiger partial charge in [0.05, 0.1) is 20.3 Å². The lowest BCUT2D eigenvalue weighted by Gasteiger charge is -2.38. The highest BCUT2D eigenvalue weighted by Gasteiger charge is 2.30. The van der Waals surface area contributed by atoms with Crippen molar-refractivity contribution in [3.05, 3.63) is 59.2 Å². The fraction of sp³-hybridized carbons (Fsp3) is 0.364. The van der Waals surface area contributed by atoms with Crippen molar-refractivity contribution in [2.24, 2.45) is 5.16 Å². The number of benzene rings is 2. The zero-order chi connectivity index (χ0) is 20.6. The number of nitrogens with zero attached hydrogens (tertiary/aromatic N) is 2. The molecular formula is C22H28ClN3O4. The molecule has 0 fully saturated rings. The minimum absolute atomic E-state index is 0. The smallest absolute Gasteiger partial charge is 0.265 e. The minimum Gasteiger partial charge on any atom is -0.493 e. The summed E-state index contributed by atoms with van der Waals surface area (Å²) in [6.07, 6.45) is 2.57. The molecule has 1 aliphatic rings. The van der Waals surface area contributed by atoms with Gasteiger partial charge in [0.2, 0.25) is 0 Å². The first kappa shape index (κ1) is 23.5. The van der Waals surface area contributed by atoms with Gasteiger partial charge in [-0.3, -0.25) is 9.69 Å². The SMILES string of the molecule is COc1cc2c(cc1OC)C(c1ccccc1)N(CCCNC(=O)/C=N/O)CC2.Cl. The first-order valence-corrected chi connectivity index (χ1v) is 9.67. The summed E-state index contributed by atoms with van der Waals surface area (Å²) in [5.74, 6) is 1.08. The van der Waals surface area contributed by atoms with Crippen LogP contribution in [-0.2, 0) is 11.2 Å². The predicted molar refractivity (Wildman–Crippen MR) is 118 cm³/mol. The molecule has 1 atom stereocenters. The van der Waals surface area contributed by atoms with Crippen molar-refractivity contribution in [2.45, 2.75) is 18.9 Å². The molecule has 0 saturated heterocycles. The lowest BCUT2D eigenvalue weighted by Crippen LogP contribution is -2.38. The number of ether oxygens (including phenoxy) is 2. The van der Waals surface area contributed by atoms with Gasteiger partial charge in [-0.1, -0.05) is 35.5 Å². The van der Waals surface area contributed by atoms with Gasteiger partial charge in [-0.2, -0.15) is 0 Å². The Labute approximate surface area is 183 Å². The van der Waals surface area contributed by atoms with E-state index in [1.165, 1.54) is 16.7 Å². The molecule has 0 spiro atoms. The Morgan fingerprint density at radius 3 is 2.60 bits per heavy atom. The molecule has 0 radical (unpaired) electrons. The second-order valence-electron chi connectivity index (χ2n) is 6.89. The Balaban J connectivity index is 0.00000320. The summed E-state index contributed by atoms with van der Waals surface area (Å²) >= 11 is 0. The molecule has 30 heavy (non-hydrogen) atoms. The van der Waals surface area contributed by atoms with E-state index >= 15 is 0 Å². The van der Waals surface area contributed by atoms with Gasteiger partial charge in [-0.15, -0.1) is 12.4 Å². The summed E-state index contributed by atoms with van der Waals surface area (Å²) < 4.78 is 11.0. The van der Waals surface area contributed by atoms with Crippen molar-refractivity contribution in [2.75, 3.05) is 33.9 Å². The number of halogens is 1. The van der Waals surface area contributed by atoms with Crippen LogP contribution in [0, 0.1) is 0 Å². The van der Waals surface area contributed by atoms with E-state index in [-0.39, 0.29) is 18.4 Å². The van der Waals surface area contributed by atoms with Crippen LogP contribution in [-0.4, -0.2) is 56.1 Å². The summed E-state index contributed by atoms with van der Waals surface area (Å²) in [7, 11) is 3.31. The molecule has 0 bridgehead atoms. The van der Waals surface area contributed by atoms with Crippen molar-refractivity contribution in [3.63, 3.8) is 0 Å². The van der Waals surface area contributed by atoms with Crippen molar-refractivity contribution >= 4 is 24.5 Å². The van der Waals surface area contributed by atoms with E-state index in [4.69, 9.17) is 14.7 Å². The van der Waals surface area contributed by atoms with Crippen molar-refractivity contribution in [1.29, 1.82) is 0 Å². The first-order valence-electron chi connectivity index (χ1n) is 9.67. The summed E-state index contributed by atoms with van der Waals surface area (Å²) in [5, 5.41) is 13.9. The molecule has 3 rings (SSSR count). The van der Waals surface area contributed by atoms with Crippen LogP contribution in [0.1, 0.15) is 29.2 Å². The van der Waals surface area contributed by atoms with E-state index in [2.05, 4.69) is 51.8 Å². The number of hydrogen-bond acceptors (Lipinski definition) is 6. The molecule has 1 heterocycles. The molecule has 1 unspecified atom stereocenters. The van der Waals surface area contributed by atoms with E-state index < -0.39 is 5.91 Å². The summed E-state index contributed by atoms with van der Waals surface area (Å²) in [6.45, 7) is 2.25. The van der Waals surface area contributed by atoms with Crippen LogP contribution in [0.25, 0.3) is 0 Å². The molecule has 1 amide bonds. The van der Waals surface area contributed by atoms with E-state index in [1.807, 2.05) is 6.07 Å². The van der Waals surface area contributed by atoms with Crippen LogP contribution in [0.15, 0.2) is 47.6 Å². The average molecular weight is 434 g/mol. The fourth-order valence-electron chi connectivity index (χ4n) is 3.86. The van der Waals surface area contributed by atoms with Crippen LogP contribution < -0.4 is 14.8 Å². The van der Waals surface area contributed by atoms with Crippen LogP contribution in [0.5, 0.6) is 11.5 Å². The van der Waals surface area contributed by atoms with Gasteiger partial charge in [0.15, 0.2) is 11.5 Å². The molecule has 162 valence electrons. The Bertz CT molecular complexity index is 861. The van der Waals surface area contributed by atoms with Gasteiger partial charge in [0.1, 0.15) is 6.21 Å².